The van der Waals surface area contributed by atoms with E-state index < -0.39 is 0 Å². The van der Waals surface area contributed by atoms with E-state index in [4.69, 9.17) is 11.6 Å². The lowest BCUT2D eigenvalue weighted by Gasteiger charge is -2.37. The number of piperazine rings is 1. The fourth-order valence-corrected chi connectivity index (χ4v) is 5.55. The largest absolute Gasteiger partial charge is 0.369 e. The summed E-state index contributed by atoms with van der Waals surface area (Å²) in [5, 5.41) is 0.788. The van der Waals surface area contributed by atoms with Gasteiger partial charge >= 0.3 is 0 Å². The second-order valence-corrected chi connectivity index (χ2v) is 9.65. The Balaban J connectivity index is 1.46. The van der Waals surface area contributed by atoms with Crippen LogP contribution >= 0.6 is 27.5 Å². The molecule has 158 valence electrons. The third-order valence-electron chi connectivity index (χ3n) is 6.54. The van der Waals surface area contributed by atoms with Crippen LogP contribution in [-0.4, -0.2) is 40.4 Å². The molecule has 0 spiro atoms. The summed E-state index contributed by atoms with van der Waals surface area (Å²) in [6, 6.07) is 6.45. The number of benzene rings is 1. The fraction of sp³-hybridized carbons (Fsp3) is 0.591. The van der Waals surface area contributed by atoms with Crippen LogP contribution < -0.4 is 10.5 Å². The van der Waals surface area contributed by atoms with Gasteiger partial charge in [0.1, 0.15) is 4.47 Å². The number of hydrogen-bond acceptors (Lipinski definition) is 3. The molecule has 0 amide bonds. The monoisotopic (exact) mass is 480 g/mol. The van der Waals surface area contributed by atoms with Gasteiger partial charge in [-0.25, -0.2) is 4.68 Å². The number of aryl methyl sites for hydroxylation is 1. The van der Waals surface area contributed by atoms with Gasteiger partial charge in [-0.2, -0.15) is 0 Å². The second kappa shape index (κ2) is 8.86. The maximum atomic E-state index is 12.9. The Hall–Kier alpha value is -1.24. The minimum atomic E-state index is 0.127. The summed E-state index contributed by atoms with van der Waals surface area (Å²) in [6.45, 7) is 6.82. The quantitative estimate of drug-likeness (QED) is 0.632. The summed E-state index contributed by atoms with van der Waals surface area (Å²) in [5.41, 5.74) is 3.71. The molecule has 0 N–H and O–H groups in total. The van der Waals surface area contributed by atoms with E-state index >= 15 is 0 Å². The molecule has 1 saturated heterocycles. The van der Waals surface area contributed by atoms with Crippen LogP contribution in [0.25, 0.3) is 0 Å². The van der Waals surface area contributed by atoms with Crippen LogP contribution in [0.5, 0.6) is 0 Å². The number of nitrogens with zero attached hydrogens (tertiary/aromatic N) is 4. The predicted octanol–water partition coefficient (Wildman–Crippen LogP) is 4.74. The van der Waals surface area contributed by atoms with Gasteiger partial charge in [0.05, 0.1) is 11.7 Å². The Morgan fingerprint density at radius 3 is 2.48 bits per heavy atom. The molecule has 7 heteroatoms. The van der Waals surface area contributed by atoms with Gasteiger partial charge in [-0.05, 0) is 53.4 Å². The third kappa shape index (κ3) is 4.30. The first kappa shape index (κ1) is 21.0. The van der Waals surface area contributed by atoms with Crippen LogP contribution in [0.15, 0.2) is 27.5 Å². The molecule has 2 fully saturated rings. The minimum absolute atomic E-state index is 0.127. The van der Waals surface area contributed by atoms with Crippen molar-refractivity contribution in [3.63, 3.8) is 0 Å². The zero-order valence-electron chi connectivity index (χ0n) is 17.3. The Labute approximate surface area is 186 Å². The molecule has 4 rings (SSSR count). The maximum absolute atomic E-state index is 12.9. The van der Waals surface area contributed by atoms with Crippen molar-refractivity contribution in [2.24, 2.45) is 7.05 Å². The maximum Gasteiger partial charge on any atom is 0.281 e. The minimum Gasteiger partial charge on any atom is -0.369 e. The number of hydrogen-bond donors (Lipinski definition) is 0. The smallest absolute Gasteiger partial charge is 0.281 e. The lowest BCUT2D eigenvalue weighted by molar-refractivity contribution is 0.235. The molecule has 0 unspecified atom stereocenters. The summed E-state index contributed by atoms with van der Waals surface area (Å²) in [6.07, 6.45) is 5.96. The van der Waals surface area contributed by atoms with Crippen LogP contribution in [0.3, 0.4) is 0 Å². The number of halogens is 2. The van der Waals surface area contributed by atoms with E-state index in [0.29, 0.717) is 6.04 Å². The van der Waals surface area contributed by atoms with Gasteiger partial charge in [0.25, 0.3) is 5.56 Å². The molecule has 1 aromatic heterocycles. The van der Waals surface area contributed by atoms with Crippen LogP contribution in [0.4, 0.5) is 5.69 Å². The highest BCUT2D eigenvalue weighted by molar-refractivity contribution is 9.10. The molecule has 0 bridgehead atoms. The van der Waals surface area contributed by atoms with Crippen LogP contribution in [0.2, 0.25) is 5.02 Å². The van der Waals surface area contributed by atoms with Crippen molar-refractivity contribution < 1.29 is 0 Å². The second-order valence-electron chi connectivity index (χ2n) is 8.42. The van der Waals surface area contributed by atoms with E-state index in [2.05, 4.69) is 49.5 Å². The zero-order valence-corrected chi connectivity index (χ0v) is 19.7. The van der Waals surface area contributed by atoms with Crippen molar-refractivity contribution in [1.29, 1.82) is 0 Å². The summed E-state index contributed by atoms with van der Waals surface area (Å²) in [5.74, 6) is 0. The van der Waals surface area contributed by atoms with Gasteiger partial charge in [-0.3, -0.25) is 14.4 Å². The summed E-state index contributed by atoms with van der Waals surface area (Å²) >= 11 is 9.82. The van der Waals surface area contributed by atoms with Gasteiger partial charge in [-0.15, -0.1) is 0 Å². The Bertz CT molecular complexity index is 924. The van der Waals surface area contributed by atoms with E-state index in [1.54, 1.807) is 0 Å². The van der Waals surface area contributed by atoms with Crippen molar-refractivity contribution in [3.05, 3.63) is 49.3 Å². The van der Waals surface area contributed by atoms with Crippen LogP contribution in [0.1, 0.15) is 49.4 Å². The average Bonchev–Trinajstić information content (AvgIpc) is 2.94. The molecule has 5 nitrogen and oxygen atoms in total. The van der Waals surface area contributed by atoms with Crippen molar-refractivity contribution in [3.8, 4) is 0 Å². The highest BCUT2D eigenvalue weighted by Crippen LogP contribution is 2.29. The summed E-state index contributed by atoms with van der Waals surface area (Å²) in [4.78, 5) is 17.8. The average molecular weight is 482 g/mol. The molecule has 0 radical (unpaired) electrons. The van der Waals surface area contributed by atoms with Gasteiger partial charge < -0.3 is 4.90 Å². The third-order valence-corrected chi connectivity index (χ3v) is 7.57. The lowest BCUT2D eigenvalue weighted by Crippen LogP contribution is -2.46. The molecule has 0 atom stereocenters. The van der Waals surface area contributed by atoms with E-state index in [-0.39, 0.29) is 5.56 Å². The first-order valence-corrected chi connectivity index (χ1v) is 11.8. The molecular weight excluding hydrogens is 452 g/mol. The molecular formula is C22H30BrClN4O. The van der Waals surface area contributed by atoms with E-state index in [0.717, 1.165) is 60.8 Å². The lowest BCUT2D eigenvalue weighted by atomic mass is 9.96. The molecule has 2 aliphatic rings. The van der Waals surface area contributed by atoms with Gasteiger partial charge in [0, 0.05) is 50.5 Å². The Morgan fingerprint density at radius 2 is 1.79 bits per heavy atom. The van der Waals surface area contributed by atoms with Crippen molar-refractivity contribution in [2.45, 2.75) is 51.6 Å². The topological polar surface area (TPSA) is 33.4 Å². The molecule has 1 aromatic carbocycles. The van der Waals surface area contributed by atoms with Gasteiger partial charge in [0.15, 0.2) is 0 Å². The Morgan fingerprint density at radius 1 is 1.10 bits per heavy atom. The molecule has 29 heavy (non-hydrogen) atoms. The molecule has 1 aliphatic heterocycles. The standard InChI is InChI=1S/C22H30BrClN4O/c1-16-8-9-17(24)14-19(16)27-12-10-26(11-13-27)15-20-21(23)22(29)28(25(20)2)18-6-4-3-5-7-18/h8-9,14,18H,3-7,10-13,15H2,1-2H3. The number of aromatic nitrogens is 2. The highest BCUT2D eigenvalue weighted by Gasteiger charge is 2.26. The van der Waals surface area contributed by atoms with E-state index in [1.165, 1.54) is 30.5 Å². The first-order chi connectivity index (χ1) is 14.0. The Kier molecular flexibility index (Phi) is 6.42. The number of anilines is 1. The van der Waals surface area contributed by atoms with Crippen molar-refractivity contribution >= 4 is 33.2 Å². The molecule has 1 aliphatic carbocycles. The SMILES string of the molecule is Cc1ccc(Cl)cc1N1CCN(Cc2c(Br)c(=O)n(C3CCCCC3)n2C)CC1. The normalized spacial score (nSPS) is 19.1. The molecule has 2 aromatic rings. The van der Waals surface area contributed by atoms with Gasteiger partial charge in [0.2, 0.25) is 0 Å². The number of rotatable bonds is 4. The van der Waals surface area contributed by atoms with Gasteiger partial charge in [-0.1, -0.05) is 36.9 Å². The first-order valence-electron chi connectivity index (χ1n) is 10.6. The van der Waals surface area contributed by atoms with E-state index in [1.807, 2.05) is 17.8 Å². The fourth-order valence-electron chi connectivity index (χ4n) is 4.82. The zero-order chi connectivity index (χ0) is 20.5. The summed E-state index contributed by atoms with van der Waals surface area (Å²) in [7, 11) is 2.04. The molecule has 1 saturated carbocycles. The molecule has 2 heterocycles. The summed E-state index contributed by atoms with van der Waals surface area (Å²) < 4.78 is 4.83. The van der Waals surface area contributed by atoms with E-state index in [9.17, 15) is 4.79 Å². The van der Waals surface area contributed by atoms with Crippen molar-refractivity contribution in [1.82, 2.24) is 14.3 Å². The predicted molar refractivity (Wildman–Crippen MR) is 123 cm³/mol. The van der Waals surface area contributed by atoms with Crippen LogP contribution in [0, 0.1) is 6.92 Å². The van der Waals surface area contributed by atoms with Crippen molar-refractivity contribution in [2.75, 3.05) is 31.1 Å². The van der Waals surface area contributed by atoms with Crippen LogP contribution in [-0.2, 0) is 13.6 Å². The highest BCUT2D eigenvalue weighted by atomic mass is 79.9.